The molecule has 1 aromatic carbocycles. The number of nitrogens with zero attached hydrogens (tertiary/aromatic N) is 1. The number of hydrogen-bond donors (Lipinski definition) is 0. The number of benzene rings is 1. The van der Waals surface area contributed by atoms with Crippen LogP contribution in [0.1, 0.15) is 58.9 Å². The van der Waals surface area contributed by atoms with Crippen LogP contribution in [-0.2, 0) is 0 Å². The largest absolute Gasteiger partial charge is 0.272 e. The smallest absolute Gasteiger partial charge is 0.261 e. The summed E-state index contributed by atoms with van der Waals surface area (Å²) in [6.07, 6.45) is 2.41. The van der Waals surface area contributed by atoms with E-state index in [9.17, 15) is 9.59 Å². The average Bonchev–Trinajstić information content (AvgIpc) is 3.08. The molecule has 1 saturated carbocycles. The van der Waals surface area contributed by atoms with Gasteiger partial charge in [0.05, 0.1) is 11.1 Å². The first-order valence-corrected chi connectivity index (χ1v) is 6.11. The van der Waals surface area contributed by atoms with Gasteiger partial charge in [-0.25, -0.2) is 0 Å². The van der Waals surface area contributed by atoms with Gasteiger partial charge in [0, 0.05) is 6.04 Å². The maximum atomic E-state index is 12.1. The topological polar surface area (TPSA) is 37.4 Å². The second-order valence-electron chi connectivity index (χ2n) is 5.15. The van der Waals surface area contributed by atoms with E-state index in [0.29, 0.717) is 17.0 Å². The predicted molar refractivity (Wildman–Crippen MR) is 64.1 cm³/mol. The zero-order valence-corrected chi connectivity index (χ0v) is 10.1. The monoisotopic (exact) mass is 229 g/mol. The highest BCUT2D eigenvalue weighted by Gasteiger charge is 2.38. The third-order valence-corrected chi connectivity index (χ3v) is 3.51. The number of amides is 2. The Labute approximate surface area is 100 Å². The highest BCUT2D eigenvalue weighted by Crippen LogP contribution is 2.41. The van der Waals surface area contributed by atoms with Crippen LogP contribution in [0.5, 0.6) is 0 Å². The van der Waals surface area contributed by atoms with Crippen molar-refractivity contribution in [1.29, 1.82) is 0 Å². The van der Waals surface area contributed by atoms with Gasteiger partial charge < -0.3 is 0 Å². The molecule has 0 spiro atoms. The standard InChI is InChI=1S/C14H15NO2/c1-8(2)15-13(16)11-6-5-10(9-3-4-9)7-12(11)14(15)17/h5-9H,3-4H2,1-2H3. The minimum Gasteiger partial charge on any atom is -0.272 e. The molecule has 1 heterocycles. The summed E-state index contributed by atoms with van der Waals surface area (Å²) < 4.78 is 0. The lowest BCUT2D eigenvalue weighted by Gasteiger charge is -2.17. The summed E-state index contributed by atoms with van der Waals surface area (Å²) in [6, 6.07) is 5.64. The van der Waals surface area contributed by atoms with E-state index in [1.54, 1.807) is 0 Å². The summed E-state index contributed by atoms with van der Waals surface area (Å²) in [5, 5.41) is 0. The van der Waals surface area contributed by atoms with Gasteiger partial charge in [0.25, 0.3) is 11.8 Å². The molecule has 0 unspecified atom stereocenters. The Morgan fingerprint density at radius 1 is 1.12 bits per heavy atom. The molecule has 1 fully saturated rings. The van der Waals surface area contributed by atoms with Crippen molar-refractivity contribution in [2.24, 2.45) is 0 Å². The van der Waals surface area contributed by atoms with Crippen molar-refractivity contribution in [3.05, 3.63) is 34.9 Å². The van der Waals surface area contributed by atoms with E-state index in [4.69, 9.17) is 0 Å². The molecule has 0 atom stereocenters. The van der Waals surface area contributed by atoms with Gasteiger partial charge in [-0.05, 0) is 50.3 Å². The van der Waals surface area contributed by atoms with Crippen LogP contribution in [-0.4, -0.2) is 22.8 Å². The third kappa shape index (κ3) is 1.49. The van der Waals surface area contributed by atoms with Crippen molar-refractivity contribution < 1.29 is 9.59 Å². The Balaban J connectivity index is 2.06. The van der Waals surface area contributed by atoms with E-state index < -0.39 is 0 Å². The van der Waals surface area contributed by atoms with Crippen molar-refractivity contribution in [3.63, 3.8) is 0 Å². The van der Waals surface area contributed by atoms with Crippen LogP contribution >= 0.6 is 0 Å². The van der Waals surface area contributed by atoms with Crippen molar-refractivity contribution >= 4 is 11.8 Å². The molecule has 0 saturated heterocycles. The molecule has 0 radical (unpaired) electrons. The molecule has 0 bridgehead atoms. The molecule has 3 heteroatoms. The first-order chi connectivity index (χ1) is 8.09. The zero-order valence-electron chi connectivity index (χ0n) is 10.1. The molecule has 3 rings (SSSR count). The normalized spacial score (nSPS) is 19.1. The molecule has 0 aromatic heterocycles. The number of hydrogen-bond acceptors (Lipinski definition) is 2. The van der Waals surface area contributed by atoms with Gasteiger partial charge in [0.15, 0.2) is 0 Å². The summed E-state index contributed by atoms with van der Waals surface area (Å²) in [5.74, 6) is 0.321. The van der Waals surface area contributed by atoms with Crippen LogP contribution in [0.15, 0.2) is 18.2 Å². The van der Waals surface area contributed by atoms with Crippen molar-refractivity contribution in [2.45, 2.75) is 38.6 Å². The molecule has 88 valence electrons. The summed E-state index contributed by atoms with van der Waals surface area (Å²) in [4.78, 5) is 25.5. The SMILES string of the molecule is CC(C)N1C(=O)c2ccc(C3CC3)cc2C1=O. The van der Waals surface area contributed by atoms with Crippen LogP contribution in [0.4, 0.5) is 0 Å². The van der Waals surface area contributed by atoms with Crippen molar-refractivity contribution in [2.75, 3.05) is 0 Å². The number of carbonyl (C=O) groups is 2. The van der Waals surface area contributed by atoms with E-state index in [0.717, 1.165) is 0 Å². The average molecular weight is 229 g/mol. The highest BCUT2D eigenvalue weighted by atomic mass is 16.2. The predicted octanol–water partition coefficient (Wildman–Crippen LogP) is 2.57. The lowest BCUT2D eigenvalue weighted by molar-refractivity contribution is 0.0609. The molecule has 2 aliphatic rings. The molecule has 0 N–H and O–H groups in total. The molecule has 1 aliphatic heterocycles. The molecule has 17 heavy (non-hydrogen) atoms. The van der Waals surface area contributed by atoms with Gasteiger partial charge in [-0.3, -0.25) is 14.5 Å². The van der Waals surface area contributed by atoms with Crippen LogP contribution in [0.25, 0.3) is 0 Å². The second-order valence-corrected chi connectivity index (χ2v) is 5.15. The molecular weight excluding hydrogens is 214 g/mol. The molecule has 2 amide bonds. The van der Waals surface area contributed by atoms with Gasteiger partial charge in [0.2, 0.25) is 0 Å². The Hall–Kier alpha value is -1.64. The van der Waals surface area contributed by atoms with Crippen molar-refractivity contribution in [1.82, 2.24) is 4.90 Å². The fourth-order valence-electron chi connectivity index (χ4n) is 2.42. The molecule has 1 aromatic rings. The first kappa shape index (κ1) is 10.5. The molecule has 1 aliphatic carbocycles. The van der Waals surface area contributed by atoms with E-state index in [1.807, 2.05) is 32.0 Å². The second kappa shape index (κ2) is 3.42. The zero-order chi connectivity index (χ0) is 12.2. The quantitative estimate of drug-likeness (QED) is 0.731. The fourth-order valence-corrected chi connectivity index (χ4v) is 2.42. The first-order valence-electron chi connectivity index (χ1n) is 6.11. The van der Waals surface area contributed by atoms with E-state index in [1.165, 1.54) is 23.3 Å². The number of fused-ring (bicyclic) bond motifs is 1. The van der Waals surface area contributed by atoms with Gasteiger partial charge in [0.1, 0.15) is 0 Å². The minimum absolute atomic E-state index is 0.0771. The Morgan fingerprint density at radius 2 is 1.76 bits per heavy atom. The molecular formula is C14H15NO2. The van der Waals surface area contributed by atoms with Gasteiger partial charge in [-0.2, -0.15) is 0 Å². The van der Waals surface area contributed by atoms with Gasteiger partial charge >= 0.3 is 0 Å². The van der Waals surface area contributed by atoms with Crippen LogP contribution in [0.2, 0.25) is 0 Å². The minimum atomic E-state index is -0.151. The Kier molecular flexibility index (Phi) is 2.12. The number of imide groups is 1. The lowest BCUT2D eigenvalue weighted by atomic mass is 10.0. The van der Waals surface area contributed by atoms with Gasteiger partial charge in [-0.1, -0.05) is 6.07 Å². The lowest BCUT2D eigenvalue weighted by Crippen LogP contribution is -2.35. The van der Waals surface area contributed by atoms with E-state index >= 15 is 0 Å². The Morgan fingerprint density at radius 3 is 2.35 bits per heavy atom. The van der Waals surface area contributed by atoms with E-state index in [-0.39, 0.29) is 17.9 Å². The number of rotatable bonds is 2. The maximum absolute atomic E-state index is 12.1. The maximum Gasteiger partial charge on any atom is 0.261 e. The van der Waals surface area contributed by atoms with Crippen LogP contribution in [0.3, 0.4) is 0 Å². The van der Waals surface area contributed by atoms with Crippen molar-refractivity contribution in [3.8, 4) is 0 Å². The summed E-state index contributed by atoms with van der Waals surface area (Å²) >= 11 is 0. The highest BCUT2D eigenvalue weighted by molar-refractivity contribution is 6.21. The summed E-state index contributed by atoms with van der Waals surface area (Å²) in [5.41, 5.74) is 2.36. The molecule has 3 nitrogen and oxygen atoms in total. The number of carbonyl (C=O) groups excluding carboxylic acids is 2. The third-order valence-electron chi connectivity index (χ3n) is 3.51. The fraction of sp³-hybridized carbons (Fsp3) is 0.429. The van der Waals surface area contributed by atoms with Gasteiger partial charge in [-0.15, -0.1) is 0 Å². The summed E-state index contributed by atoms with van der Waals surface area (Å²) in [7, 11) is 0. The van der Waals surface area contributed by atoms with E-state index in [2.05, 4.69) is 0 Å². The van der Waals surface area contributed by atoms with Crippen LogP contribution < -0.4 is 0 Å². The Bertz CT molecular complexity index is 515. The summed E-state index contributed by atoms with van der Waals surface area (Å²) in [6.45, 7) is 3.73. The van der Waals surface area contributed by atoms with Crippen LogP contribution in [0, 0.1) is 0 Å².